The molecule has 0 radical (unpaired) electrons. The fourth-order valence-corrected chi connectivity index (χ4v) is 5.13. The van der Waals surface area contributed by atoms with Crippen LogP contribution in [-0.2, 0) is 9.47 Å². The van der Waals surface area contributed by atoms with Gasteiger partial charge in [0.15, 0.2) is 0 Å². The second-order valence-corrected chi connectivity index (χ2v) is 9.79. The molecule has 2 unspecified atom stereocenters. The molecule has 194 valence electrons. The van der Waals surface area contributed by atoms with Gasteiger partial charge in [-0.15, -0.1) is 0 Å². The lowest BCUT2D eigenvalue weighted by Gasteiger charge is -2.37. The van der Waals surface area contributed by atoms with E-state index in [1.807, 2.05) is 18.5 Å². The van der Waals surface area contributed by atoms with Gasteiger partial charge in [0.1, 0.15) is 11.5 Å². The molecule has 0 saturated heterocycles. The lowest BCUT2D eigenvalue weighted by atomic mass is 9.98. The lowest BCUT2D eigenvalue weighted by Crippen LogP contribution is -2.41. The second-order valence-electron chi connectivity index (χ2n) is 9.79. The Balaban J connectivity index is 1.38. The van der Waals surface area contributed by atoms with Crippen LogP contribution < -0.4 is 0 Å². The number of nitrogens with zero attached hydrogens (tertiary/aromatic N) is 5. The van der Waals surface area contributed by atoms with Crippen LogP contribution in [0.25, 0.3) is 0 Å². The maximum atomic E-state index is 5.66. The molecule has 3 aliphatic carbocycles. The van der Waals surface area contributed by atoms with Crippen molar-refractivity contribution >= 4 is 11.9 Å². The molecule has 1 aliphatic heterocycles. The van der Waals surface area contributed by atoms with E-state index < -0.39 is 0 Å². The fraction of sp³-hybridized carbons (Fsp3) is 0.414. The Morgan fingerprint density at radius 3 is 2.84 bits per heavy atom. The van der Waals surface area contributed by atoms with Gasteiger partial charge in [0.25, 0.3) is 0 Å². The summed E-state index contributed by atoms with van der Waals surface area (Å²) >= 11 is 0. The number of ether oxygens (including phenoxy) is 2. The molecule has 4 aliphatic rings. The van der Waals surface area contributed by atoms with E-state index in [4.69, 9.17) is 19.5 Å². The number of H-pyrrole nitrogens is 1. The van der Waals surface area contributed by atoms with Crippen LogP contribution in [0.3, 0.4) is 0 Å². The summed E-state index contributed by atoms with van der Waals surface area (Å²) in [7, 11) is 5.64. The Labute approximate surface area is 219 Å². The van der Waals surface area contributed by atoms with Crippen LogP contribution in [0.2, 0.25) is 0 Å². The summed E-state index contributed by atoms with van der Waals surface area (Å²) in [5.74, 6) is 1.75. The molecule has 37 heavy (non-hydrogen) atoms. The molecule has 0 aromatic carbocycles. The minimum absolute atomic E-state index is 0.0566. The first-order valence-corrected chi connectivity index (χ1v) is 13.0. The van der Waals surface area contributed by atoms with Gasteiger partial charge in [-0.25, -0.2) is 4.99 Å². The molecule has 2 heterocycles. The van der Waals surface area contributed by atoms with E-state index in [-0.39, 0.29) is 12.1 Å². The summed E-state index contributed by atoms with van der Waals surface area (Å²) in [6, 6.07) is 0.172. The highest BCUT2D eigenvalue weighted by Crippen LogP contribution is 2.31. The van der Waals surface area contributed by atoms with E-state index >= 15 is 0 Å². The van der Waals surface area contributed by atoms with Crippen molar-refractivity contribution in [3.63, 3.8) is 0 Å². The van der Waals surface area contributed by atoms with Crippen LogP contribution in [0.4, 0.5) is 0 Å². The van der Waals surface area contributed by atoms with Gasteiger partial charge >= 0.3 is 0 Å². The van der Waals surface area contributed by atoms with Gasteiger partial charge in [-0.1, -0.05) is 29.9 Å². The minimum atomic E-state index is 0.0566. The number of fused-ring (bicyclic) bond motifs is 1. The normalized spacial score (nSPS) is 22.8. The molecule has 8 nitrogen and oxygen atoms in total. The Morgan fingerprint density at radius 1 is 1.16 bits per heavy atom. The average Bonchev–Trinajstić information content (AvgIpc) is 3.48. The van der Waals surface area contributed by atoms with Crippen LogP contribution in [-0.4, -0.2) is 84.9 Å². The Morgan fingerprint density at radius 2 is 2.08 bits per heavy atom. The minimum Gasteiger partial charge on any atom is -0.501 e. The van der Waals surface area contributed by atoms with Crippen LogP contribution in [0, 0.1) is 0 Å². The van der Waals surface area contributed by atoms with Crippen molar-refractivity contribution in [3.05, 3.63) is 89.0 Å². The van der Waals surface area contributed by atoms with E-state index in [0.29, 0.717) is 0 Å². The van der Waals surface area contributed by atoms with Crippen LogP contribution in [0.1, 0.15) is 31.2 Å². The lowest BCUT2D eigenvalue weighted by molar-refractivity contribution is 0.199. The highest BCUT2D eigenvalue weighted by atomic mass is 16.5. The highest BCUT2D eigenvalue weighted by molar-refractivity contribution is 6.38. The predicted molar refractivity (Wildman–Crippen MR) is 147 cm³/mol. The maximum absolute atomic E-state index is 5.66. The first kappa shape index (κ1) is 25.0. The van der Waals surface area contributed by atoms with Crippen molar-refractivity contribution in [2.45, 2.75) is 37.8 Å². The number of rotatable bonds is 10. The highest BCUT2D eigenvalue weighted by Gasteiger charge is 2.28. The maximum Gasteiger partial charge on any atom is 0.120 e. The van der Waals surface area contributed by atoms with Crippen molar-refractivity contribution in [2.75, 3.05) is 40.9 Å². The number of aromatic nitrogens is 2. The molecule has 0 bridgehead atoms. The largest absolute Gasteiger partial charge is 0.501 e. The fourth-order valence-electron chi connectivity index (χ4n) is 5.13. The molecule has 0 amide bonds. The van der Waals surface area contributed by atoms with E-state index in [1.165, 1.54) is 11.3 Å². The number of aromatic amines is 1. The summed E-state index contributed by atoms with van der Waals surface area (Å²) in [6.07, 6.45) is 24.7. The number of methoxy groups -OCH3 is 2. The van der Waals surface area contributed by atoms with Crippen molar-refractivity contribution in [3.8, 4) is 0 Å². The molecule has 1 N–H and O–H groups in total. The third-order valence-corrected chi connectivity index (χ3v) is 7.20. The number of hydrogen-bond donors (Lipinski definition) is 1. The third kappa shape index (κ3) is 6.02. The molecular formula is C29H36N6O2. The summed E-state index contributed by atoms with van der Waals surface area (Å²) < 4.78 is 11.3. The molecule has 8 heteroatoms. The number of hydrogen-bond acceptors (Lipinski definition) is 7. The van der Waals surface area contributed by atoms with Gasteiger partial charge < -0.3 is 19.3 Å². The van der Waals surface area contributed by atoms with Gasteiger partial charge in [-0.2, -0.15) is 5.10 Å². The third-order valence-electron chi connectivity index (χ3n) is 7.20. The zero-order chi connectivity index (χ0) is 25.6. The van der Waals surface area contributed by atoms with Crippen molar-refractivity contribution in [2.24, 2.45) is 9.98 Å². The van der Waals surface area contributed by atoms with E-state index in [1.54, 1.807) is 20.4 Å². The van der Waals surface area contributed by atoms with Gasteiger partial charge in [-0.05, 0) is 38.5 Å². The van der Waals surface area contributed by atoms with Crippen LogP contribution in [0.15, 0.2) is 93.4 Å². The SMILES string of the molecule is COC1=CC(N(CCN(C)CC2=CC=CCC2)C2=CCC3N=CC(c4cn[nH]c4)=NC3=C2)CC(OC)=C1. The Bertz CT molecular complexity index is 1210. The molecule has 0 spiro atoms. The molecule has 1 aromatic rings. The summed E-state index contributed by atoms with van der Waals surface area (Å²) in [5, 5.41) is 6.93. The Kier molecular flexibility index (Phi) is 7.84. The topological polar surface area (TPSA) is 78.3 Å². The average molecular weight is 501 g/mol. The predicted octanol–water partition coefficient (Wildman–Crippen LogP) is 4.17. The zero-order valence-corrected chi connectivity index (χ0v) is 21.9. The van der Waals surface area contributed by atoms with Crippen molar-refractivity contribution in [1.82, 2.24) is 20.0 Å². The van der Waals surface area contributed by atoms with Crippen molar-refractivity contribution < 1.29 is 9.47 Å². The van der Waals surface area contributed by atoms with Gasteiger partial charge in [0.05, 0.1) is 43.9 Å². The van der Waals surface area contributed by atoms with E-state index in [0.717, 1.165) is 73.8 Å². The monoisotopic (exact) mass is 500 g/mol. The summed E-state index contributed by atoms with van der Waals surface area (Å²) in [5.41, 5.74) is 5.43. The summed E-state index contributed by atoms with van der Waals surface area (Å²) in [6.45, 7) is 2.79. The first-order chi connectivity index (χ1) is 18.1. The van der Waals surface area contributed by atoms with Crippen molar-refractivity contribution in [1.29, 1.82) is 0 Å². The summed E-state index contributed by atoms with van der Waals surface area (Å²) in [4.78, 5) is 14.6. The molecule has 0 fully saturated rings. The quantitative estimate of drug-likeness (QED) is 0.522. The van der Waals surface area contributed by atoms with E-state index in [2.05, 4.69) is 63.5 Å². The number of aliphatic imine (C=N–C) groups is 2. The second kappa shape index (κ2) is 11.6. The zero-order valence-electron chi connectivity index (χ0n) is 21.9. The number of allylic oxidation sites excluding steroid dienone is 5. The number of nitrogens with one attached hydrogen (secondary N) is 1. The van der Waals surface area contributed by atoms with Gasteiger partial charge in [-0.3, -0.25) is 10.1 Å². The molecular weight excluding hydrogens is 464 g/mol. The van der Waals surface area contributed by atoms with Crippen LogP contribution in [0.5, 0.6) is 0 Å². The van der Waals surface area contributed by atoms with Gasteiger partial charge in [0, 0.05) is 55.8 Å². The smallest absolute Gasteiger partial charge is 0.120 e. The standard InChI is InChI=1S/C29H36N6O2/c1-34(20-21-7-5-4-6-8-21)11-12-35(24-13-25(36-2)16-26(14-24)37-3)23-9-10-27-28(15-23)33-29(19-30-27)22-17-31-32-18-22/h4-5,7,9,13,15-19,24,27H,6,8,10-12,14,20H2,1-3H3,(H,31,32). The Hall–Kier alpha value is -3.65. The van der Waals surface area contributed by atoms with Crippen LogP contribution >= 0.6 is 0 Å². The molecule has 0 saturated carbocycles. The first-order valence-electron chi connectivity index (χ1n) is 13.0. The number of likely N-dealkylation sites (N-methyl/N-ethyl adjacent to an activating group) is 1. The van der Waals surface area contributed by atoms with E-state index in [9.17, 15) is 0 Å². The molecule has 2 atom stereocenters. The van der Waals surface area contributed by atoms with Gasteiger partial charge in [0.2, 0.25) is 0 Å². The molecule has 5 rings (SSSR count). The molecule has 1 aromatic heterocycles.